The zero-order valence-corrected chi connectivity index (χ0v) is 12.6. The number of hydrogen-bond donors (Lipinski definition) is 1. The van der Waals surface area contributed by atoms with E-state index >= 15 is 0 Å². The van der Waals surface area contributed by atoms with Gasteiger partial charge in [-0.25, -0.2) is 4.79 Å². The number of rotatable bonds is 2. The van der Waals surface area contributed by atoms with Gasteiger partial charge in [0, 0.05) is 38.6 Å². The van der Waals surface area contributed by atoms with Crippen LogP contribution in [0.3, 0.4) is 0 Å². The molecule has 114 valence electrons. The summed E-state index contributed by atoms with van der Waals surface area (Å²) < 4.78 is 5.36. The highest BCUT2D eigenvalue weighted by Crippen LogP contribution is 2.22. The normalized spacial score (nSPS) is 27.3. The molecule has 6 heteroatoms. The lowest BCUT2D eigenvalue weighted by Gasteiger charge is -2.25. The second-order valence-corrected chi connectivity index (χ2v) is 6.84. The number of ether oxygens (including phenoxy) is 1. The van der Waals surface area contributed by atoms with Gasteiger partial charge in [-0.05, 0) is 33.1 Å². The predicted molar refractivity (Wildman–Crippen MR) is 75.1 cm³/mol. The second kappa shape index (κ2) is 5.60. The summed E-state index contributed by atoms with van der Waals surface area (Å²) in [4.78, 5) is 27.2. The van der Waals surface area contributed by atoms with Crippen molar-refractivity contribution in [2.24, 2.45) is 11.7 Å². The fourth-order valence-corrected chi connectivity index (χ4v) is 2.76. The number of nitrogens with two attached hydrogens (primary N) is 1. The van der Waals surface area contributed by atoms with Crippen molar-refractivity contribution in [3.63, 3.8) is 0 Å². The van der Waals surface area contributed by atoms with Gasteiger partial charge in [0.2, 0.25) is 5.91 Å². The molecule has 0 aromatic rings. The first-order chi connectivity index (χ1) is 9.24. The van der Waals surface area contributed by atoms with Gasteiger partial charge in [0.15, 0.2) is 0 Å². The van der Waals surface area contributed by atoms with E-state index in [1.54, 1.807) is 4.90 Å². The number of carbonyl (C=O) groups excluding carboxylic acids is 2. The molecule has 2 N–H and O–H groups in total. The molecule has 0 aromatic carbocycles. The molecule has 0 aliphatic carbocycles. The lowest BCUT2D eigenvalue weighted by Crippen LogP contribution is -2.37. The maximum atomic E-state index is 12.0. The molecule has 6 nitrogen and oxygen atoms in total. The number of amides is 2. The molecule has 0 aromatic heterocycles. The summed E-state index contributed by atoms with van der Waals surface area (Å²) in [7, 11) is 0. The predicted octanol–water partition coefficient (Wildman–Crippen LogP) is 0.803. The van der Waals surface area contributed by atoms with E-state index in [9.17, 15) is 9.59 Å². The molecule has 0 radical (unpaired) electrons. The Bertz CT molecular complexity index is 392. The fraction of sp³-hybridized carbons (Fsp3) is 0.857. The molecular weight excluding hydrogens is 258 g/mol. The van der Waals surface area contributed by atoms with Crippen molar-refractivity contribution in [3.8, 4) is 0 Å². The molecule has 2 rings (SSSR count). The van der Waals surface area contributed by atoms with Crippen LogP contribution in [0.25, 0.3) is 0 Å². The average Bonchev–Trinajstić information content (AvgIpc) is 2.85. The van der Waals surface area contributed by atoms with Crippen LogP contribution in [0.1, 0.15) is 33.6 Å². The minimum Gasteiger partial charge on any atom is -0.444 e. The molecule has 1 unspecified atom stereocenters. The highest BCUT2D eigenvalue weighted by molar-refractivity contribution is 5.79. The van der Waals surface area contributed by atoms with Gasteiger partial charge in [0.25, 0.3) is 0 Å². The van der Waals surface area contributed by atoms with Crippen LogP contribution in [0.5, 0.6) is 0 Å². The molecule has 0 spiro atoms. The Morgan fingerprint density at radius 3 is 2.65 bits per heavy atom. The van der Waals surface area contributed by atoms with Crippen LogP contribution in [0.15, 0.2) is 0 Å². The van der Waals surface area contributed by atoms with Gasteiger partial charge >= 0.3 is 6.09 Å². The molecule has 20 heavy (non-hydrogen) atoms. The van der Waals surface area contributed by atoms with Gasteiger partial charge in [0.05, 0.1) is 0 Å². The van der Waals surface area contributed by atoms with Gasteiger partial charge in [-0.15, -0.1) is 0 Å². The maximum Gasteiger partial charge on any atom is 0.410 e. The van der Waals surface area contributed by atoms with Crippen molar-refractivity contribution in [2.45, 2.75) is 45.3 Å². The molecule has 2 aliphatic heterocycles. The number of nitrogens with zero attached hydrogens (tertiary/aromatic N) is 2. The summed E-state index contributed by atoms with van der Waals surface area (Å²) in [5.74, 6) is 0.463. The van der Waals surface area contributed by atoms with Crippen molar-refractivity contribution in [1.29, 1.82) is 0 Å². The highest BCUT2D eigenvalue weighted by atomic mass is 16.6. The Morgan fingerprint density at radius 2 is 2.10 bits per heavy atom. The van der Waals surface area contributed by atoms with Crippen molar-refractivity contribution < 1.29 is 14.3 Å². The zero-order valence-electron chi connectivity index (χ0n) is 12.6. The Hall–Kier alpha value is -1.30. The van der Waals surface area contributed by atoms with Crippen LogP contribution >= 0.6 is 0 Å². The summed E-state index contributed by atoms with van der Waals surface area (Å²) in [6, 6.07) is -0.0362. The van der Waals surface area contributed by atoms with E-state index in [0.29, 0.717) is 38.5 Å². The van der Waals surface area contributed by atoms with E-state index < -0.39 is 5.60 Å². The third-order valence-electron chi connectivity index (χ3n) is 3.66. The van der Waals surface area contributed by atoms with E-state index in [1.807, 2.05) is 25.7 Å². The second-order valence-electron chi connectivity index (χ2n) is 6.84. The SMILES string of the molecule is CC(C)(C)OC(=O)N1CC[C@H](CN2CC(N)CC2=O)C1. The molecule has 2 heterocycles. The molecule has 2 fully saturated rings. The van der Waals surface area contributed by atoms with Gasteiger partial charge in [-0.2, -0.15) is 0 Å². The molecular formula is C14H25N3O3. The summed E-state index contributed by atoms with van der Waals surface area (Å²) >= 11 is 0. The van der Waals surface area contributed by atoms with Crippen LogP contribution in [0.2, 0.25) is 0 Å². The van der Waals surface area contributed by atoms with Crippen molar-refractivity contribution in [3.05, 3.63) is 0 Å². The van der Waals surface area contributed by atoms with Crippen LogP contribution in [-0.4, -0.2) is 59.6 Å². The van der Waals surface area contributed by atoms with E-state index in [0.717, 1.165) is 6.42 Å². The molecule has 2 atom stereocenters. The minimum atomic E-state index is -0.465. The standard InChI is InChI=1S/C14H25N3O3/c1-14(2,3)20-13(19)16-5-4-10(7-16)8-17-9-11(15)6-12(17)18/h10-11H,4-9,15H2,1-3H3/t10-,11?/m0/s1. The maximum absolute atomic E-state index is 12.0. The number of likely N-dealkylation sites (tertiary alicyclic amines) is 2. The first-order valence-electron chi connectivity index (χ1n) is 7.26. The fourth-order valence-electron chi connectivity index (χ4n) is 2.76. The largest absolute Gasteiger partial charge is 0.444 e. The Balaban J connectivity index is 1.81. The third-order valence-corrected chi connectivity index (χ3v) is 3.66. The van der Waals surface area contributed by atoms with Crippen LogP contribution in [0.4, 0.5) is 4.79 Å². The van der Waals surface area contributed by atoms with Crippen LogP contribution in [-0.2, 0) is 9.53 Å². The van der Waals surface area contributed by atoms with E-state index in [2.05, 4.69) is 0 Å². The number of hydrogen-bond acceptors (Lipinski definition) is 4. The minimum absolute atomic E-state index is 0.0362. The molecule has 2 amide bonds. The van der Waals surface area contributed by atoms with Gasteiger partial charge < -0.3 is 20.3 Å². The third kappa shape index (κ3) is 3.85. The summed E-state index contributed by atoms with van der Waals surface area (Å²) in [5.41, 5.74) is 5.32. The Kier molecular flexibility index (Phi) is 4.22. The Labute approximate surface area is 120 Å². The van der Waals surface area contributed by atoms with Crippen LogP contribution < -0.4 is 5.73 Å². The molecule has 0 saturated carbocycles. The van der Waals surface area contributed by atoms with E-state index in [4.69, 9.17) is 10.5 Å². The molecule has 2 aliphatic rings. The Morgan fingerprint density at radius 1 is 1.40 bits per heavy atom. The molecule has 0 bridgehead atoms. The summed E-state index contributed by atoms with van der Waals surface area (Å²) in [6.07, 6.45) is 1.10. The van der Waals surface area contributed by atoms with Crippen molar-refractivity contribution >= 4 is 12.0 Å². The first-order valence-corrected chi connectivity index (χ1v) is 7.26. The summed E-state index contributed by atoms with van der Waals surface area (Å²) in [5, 5.41) is 0. The van der Waals surface area contributed by atoms with Gasteiger partial charge in [0.1, 0.15) is 5.60 Å². The molecule has 2 saturated heterocycles. The quantitative estimate of drug-likeness (QED) is 0.813. The highest BCUT2D eigenvalue weighted by Gasteiger charge is 2.34. The topological polar surface area (TPSA) is 75.9 Å². The smallest absolute Gasteiger partial charge is 0.410 e. The first kappa shape index (κ1) is 15.1. The van der Waals surface area contributed by atoms with Gasteiger partial charge in [-0.3, -0.25) is 4.79 Å². The van der Waals surface area contributed by atoms with Crippen molar-refractivity contribution in [2.75, 3.05) is 26.2 Å². The zero-order chi connectivity index (χ0) is 14.9. The van der Waals surface area contributed by atoms with Gasteiger partial charge in [-0.1, -0.05) is 0 Å². The average molecular weight is 283 g/mol. The summed E-state index contributed by atoms with van der Waals surface area (Å²) in [6.45, 7) is 8.30. The van der Waals surface area contributed by atoms with Crippen molar-refractivity contribution in [1.82, 2.24) is 9.80 Å². The lowest BCUT2D eigenvalue weighted by molar-refractivity contribution is -0.128. The van der Waals surface area contributed by atoms with E-state index in [-0.39, 0.29) is 18.0 Å². The number of carbonyl (C=O) groups is 2. The monoisotopic (exact) mass is 283 g/mol. The lowest BCUT2D eigenvalue weighted by atomic mass is 10.1. The van der Waals surface area contributed by atoms with E-state index in [1.165, 1.54) is 0 Å². The van der Waals surface area contributed by atoms with Crippen LogP contribution in [0, 0.1) is 5.92 Å².